The van der Waals surface area contributed by atoms with Crippen molar-refractivity contribution in [2.45, 2.75) is 32.1 Å². The summed E-state index contributed by atoms with van der Waals surface area (Å²) in [6.07, 6.45) is 2.04. The second-order valence-electron chi connectivity index (χ2n) is 4.82. The molecule has 1 atom stereocenters. The van der Waals surface area contributed by atoms with Crippen molar-refractivity contribution in [3.63, 3.8) is 0 Å². The first-order valence-electron chi connectivity index (χ1n) is 7.42. The molecule has 0 spiro atoms. The summed E-state index contributed by atoms with van der Waals surface area (Å²) in [6.45, 7) is 3.38. The number of rotatable bonds is 6. The zero-order valence-corrected chi connectivity index (χ0v) is 13.9. The Hall–Kier alpha value is -2.39. The normalized spacial score (nSPS) is 16.4. The van der Waals surface area contributed by atoms with Crippen LogP contribution in [0.1, 0.15) is 20.3 Å². The Morgan fingerprint density at radius 2 is 1.83 bits per heavy atom. The predicted octanol–water partition coefficient (Wildman–Crippen LogP) is 0.895. The van der Waals surface area contributed by atoms with Crippen molar-refractivity contribution in [1.82, 2.24) is 10.4 Å². The van der Waals surface area contributed by atoms with E-state index in [0.717, 1.165) is 5.01 Å². The molecule has 0 aromatic heterocycles. The number of hydrogen-bond acceptors (Lipinski definition) is 7. The minimum absolute atomic E-state index is 0.0646. The molecule has 0 saturated heterocycles. The van der Waals surface area contributed by atoms with Crippen molar-refractivity contribution in [2.75, 3.05) is 20.3 Å². The molecule has 1 aliphatic rings. The van der Waals surface area contributed by atoms with E-state index in [4.69, 9.17) is 14.2 Å². The molecule has 1 rings (SSSR count). The van der Waals surface area contributed by atoms with E-state index in [1.807, 2.05) is 0 Å². The van der Waals surface area contributed by atoms with Crippen LogP contribution in [0.5, 0.6) is 0 Å². The maximum absolute atomic E-state index is 12.3. The molecule has 9 heteroatoms. The monoisotopic (exact) mass is 342 g/mol. The third-order valence-corrected chi connectivity index (χ3v) is 3.19. The fourth-order valence-corrected chi connectivity index (χ4v) is 2.07. The molecule has 9 nitrogen and oxygen atoms in total. The topological polar surface area (TPSA) is 114 Å². The van der Waals surface area contributed by atoms with Gasteiger partial charge in [0.05, 0.1) is 13.2 Å². The number of aliphatic hydroxyl groups excluding tert-OH is 1. The van der Waals surface area contributed by atoms with Crippen molar-refractivity contribution >= 4 is 18.0 Å². The van der Waals surface area contributed by atoms with Crippen LogP contribution in [0.2, 0.25) is 0 Å². The Morgan fingerprint density at radius 3 is 2.33 bits per heavy atom. The fraction of sp³-hybridized carbons (Fsp3) is 0.533. The van der Waals surface area contributed by atoms with E-state index in [1.165, 1.54) is 31.4 Å². The van der Waals surface area contributed by atoms with Crippen molar-refractivity contribution < 1.29 is 33.7 Å². The van der Waals surface area contributed by atoms with Crippen molar-refractivity contribution in [3.05, 3.63) is 24.3 Å². The molecule has 1 aliphatic carbocycles. The van der Waals surface area contributed by atoms with Gasteiger partial charge in [0.25, 0.3) is 0 Å². The van der Waals surface area contributed by atoms with Gasteiger partial charge in [-0.1, -0.05) is 0 Å². The van der Waals surface area contributed by atoms with Gasteiger partial charge < -0.3 is 19.3 Å². The number of methoxy groups -OCH3 is 1. The summed E-state index contributed by atoms with van der Waals surface area (Å²) < 4.78 is 14.6. The highest BCUT2D eigenvalue weighted by atomic mass is 16.6. The summed E-state index contributed by atoms with van der Waals surface area (Å²) >= 11 is 0. The number of amides is 2. The summed E-state index contributed by atoms with van der Waals surface area (Å²) in [6, 6.07) is 0. The van der Waals surface area contributed by atoms with Crippen LogP contribution < -0.4 is 5.43 Å². The number of aliphatic hydroxyl groups is 1. The number of hydrazine groups is 1. The Bertz CT molecular complexity index is 514. The van der Waals surface area contributed by atoms with E-state index in [1.54, 1.807) is 13.8 Å². The Kier molecular flexibility index (Phi) is 7.40. The number of hydrogen-bond donors (Lipinski definition) is 2. The lowest BCUT2D eigenvalue weighted by molar-refractivity contribution is -0.111. The molecule has 0 aromatic rings. The molecular formula is C15H22N2O7. The number of nitrogens with zero attached hydrogens (tertiary/aromatic N) is 1. The molecule has 2 amide bonds. The second-order valence-corrected chi connectivity index (χ2v) is 4.82. The Morgan fingerprint density at radius 1 is 1.25 bits per heavy atom. The van der Waals surface area contributed by atoms with Gasteiger partial charge in [0.2, 0.25) is 0 Å². The number of ether oxygens (including phenoxy) is 3. The van der Waals surface area contributed by atoms with Crippen LogP contribution in [0.3, 0.4) is 0 Å². The van der Waals surface area contributed by atoms with Crippen molar-refractivity contribution in [1.29, 1.82) is 0 Å². The SMILES string of the molecule is CCOC(=O)NN(C(=O)OCC)C1(CC(O)OC)C=CC(=O)C=C1. The van der Waals surface area contributed by atoms with Gasteiger partial charge in [0, 0.05) is 13.5 Å². The Balaban J connectivity index is 3.20. The van der Waals surface area contributed by atoms with Gasteiger partial charge in [-0.25, -0.2) is 20.0 Å². The molecule has 2 N–H and O–H groups in total. The lowest BCUT2D eigenvalue weighted by Gasteiger charge is -2.39. The molecule has 24 heavy (non-hydrogen) atoms. The first-order valence-corrected chi connectivity index (χ1v) is 7.42. The highest BCUT2D eigenvalue weighted by Gasteiger charge is 2.41. The lowest BCUT2D eigenvalue weighted by Crippen LogP contribution is -2.60. The summed E-state index contributed by atoms with van der Waals surface area (Å²) in [5.74, 6) is -0.294. The van der Waals surface area contributed by atoms with Gasteiger partial charge in [0.1, 0.15) is 5.54 Å². The van der Waals surface area contributed by atoms with Gasteiger partial charge in [-0.15, -0.1) is 0 Å². The van der Waals surface area contributed by atoms with E-state index < -0.39 is 24.0 Å². The molecule has 0 aliphatic heterocycles. The van der Waals surface area contributed by atoms with Crippen LogP contribution >= 0.6 is 0 Å². The average molecular weight is 342 g/mol. The highest BCUT2D eigenvalue weighted by Crippen LogP contribution is 2.28. The summed E-state index contributed by atoms with van der Waals surface area (Å²) in [7, 11) is 1.28. The van der Waals surface area contributed by atoms with Crippen LogP contribution in [0, 0.1) is 0 Å². The van der Waals surface area contributed by atoms with E-state index in [2.05, 4.69) is 5.43 Å². The molecule has 1 unspecified atom stereocenters. The largest absolute Gasteiger partial charge is 0.449 e. The zero-order valence-electron chi connectivity index (χ0n) is 13.9. The second kappa shape index (κ2) is 9.04. The Labute approximate surface area is 139 Å². The van der Waals surface area contributed by atoms with E-state index >= 15 is 0 Å². The van der Waals surface area contributed by atoms with Crippen LogP contribution in [-0.4, -0.2) is 60.2 Å². The maximum Gasteiger partial charge on any atom is 0.429 e. The fourth-order valence-electron chi connectivity index (χ4n) is 2.07. The molecule has 134 valence electrons. The van der Waals surface area contributed by atoms with Crippen LogP contribution in [0.15, 0.2) is 24.3 Å². The molecule has 0 fully saturated rings. The number of allylic oxidation sites excluding steroid dienone is 2. The average Bonchev–Trinajstić information content (AvgIpc) is 2.55. The molecule has 0 radical (unpaired) electrons. The first kappa shape index (κ1) is 19.7. The number of carbonyl (C=O) groups is 3. The van der Waals surface area contributed by atoms with Crippen molar-refractivity contribution in [2.24, 2.45) is 0 Å². The molecule has 0 aromatic carbocycles. The summed E-state index contributed by atoms with van der Waals surface area (Å²) in [5.41, 5.74) is 0.916. The van der Waals surface area contributed by atoms with Gasteiger partial charge in [-0.05, 0) is 38.2 Å². The zero-order chi connectivity index (χ0) is 18.2. The number of nitrogens with one attached hydrogen (secondary N) is 1. The van der Waals surface area contributed by atoms with Gasteiger partial charge in [0.15, 0.2) is 12.1 Å². The third-order valence-electron chi connectivity index (χ3n) is 3.19. The standard InChI is InChI=1S/C15H22N2O7/c1-4-23-13(20)16-17(14(21)24-5-2)15(10-12(19)22-3)8-6-11(18)7-9-15/h6-9,12,19H,4-5,10H2,1-3H3,(H,16,20). The number of ketones is 1. The summed E-state index contributed by atoms with van der Waals surface area (Å²) in [4.78, 5) is 35.5. The molecule has 0 bridgehead atoms. The predicted molar refractivity (Wildman–Crippen MR) is 82.7 cm³/mol. The van der Waals surface area contributed by atoms with Gasteiger partial charge >= 0.3 is 12.2 Å². The van der Waals surface area contributed by atoms with E-state index in [-0.39, 0.29) is 25.4 Å². The van der Waals surface area contributed by atoms with E-state index in [9.17, 15) is 19.5 Å². The first-order chi connectivity index (χ1) is 11.4. The van der Waals surface area contributed by atoms with Crippen LogP contribution in [0.4, 0.5) is 9.59 Å². The molecule has 0 heterocycles. The minimum Gasteiger partial charge on any atom is -0.449 e. The van der Waals surface area contributed by atoms with Crippen LogP contribution in [-0.2, 0) is 19.0 Å². The van der Waals surface area contributed by atoms with Gasteiger partial charge in [-0.2, -0.15) is 0 Å². The summed E-state index contributed by atoms with van der Waals surface area (Å²) in [5, 5.41) is 10.7. The maximum atomic E-state index is 12.3. The molecular weight excluding hydrogens is 320 g/mol. The lowest BCUT2D eigenvalue weighted by atomic mass is 9.89. The third kappa shape index (κ3) is 5.07. The quantitative estimate of drug-likeness (QED) is 0.544. The molecule has 0 saturated carbocycles. The van der Waals surface area contributed by atoms with Crippen LogP contribution in [0.25, 0.3) is 0 Å². The van der Waals surface area contributed by atoms with Gasteiger partial charge in [-0.3, -0.25) is 4.79 Å². The smallest absolute Gasteiger partial charge is 0.429 e. The minimum atomic E-state index is -1.36. The highest BCUT2D eigenvalue weighted by molar-refractivity contribution is 6.00. The number of carbonyl (C=O) groups excluding carboxylic acids is 3. The van der Waals surface area contributed by atoms with Crippen molar-refractivity contribution in [3.8, 4) is 0 Å². The van der Waals surface area contributed by atoms with E-state index in [0.29, 0.717) is 0 Å².